The van der Waals surface area contributed by atoms with Crippen molar-refractivity contribution in [2.75, 3.05) is 13.1 Å². The monoisotopic (exact) mass is 454 g/mol. The van der Waals surface area contributed by atoms with Crippen molar-refractivity contribution in [1.82, 2.24) is 15.2 Å². The summed E-state index contributed by atoms with van der Waals surface area (Å²) in [4.78, 5) is 30.8. The molecule has 0 spiro atoms. The number of carbonyl (C=O) groups is 2. The summed E-state index contributed by atoms with van der Waals surface area (Å²) in [5, 5.41) is 4.25. The lowest BCUT2D eigenvalue weighted by atomic mass is 10.0. The lowest BCUT2D eigenvalue weighted by molar-refractivity contribution is -0.138. The number of nitrogens with two attached hydrogens (primary N) is 1. The Morgan fingerprint density at radius 1 is 0.882 bits per heavy atom. The fourth-order valence-electron chi connectivity index (χ4n) is 4.23. The van der Waals surface area contributed by atoms with E-state index in [0.29, 0.717) is 25.9 Å². The molecule has 3 aromatic carbocycles. The molecule has 4 N–H and O–H groups in total. The van der Waals surface area contributed by atoms with Gasteiger partial charge in [0.25, 0.3) is 0 Å². The van der Waals surface area contributed by atoms with Crippen LogP contribution in [0.2, 0.25) is 0 Å². The van der Waals surface area contributed by atoms with Crippen molar-refractivity contribution >= 4 is 22.7 Å². The molecule has 1 atom stereocenters. The number of rotatable bonds is 11. The van der Waals surface area contributed by atoms with Gasteiger partial charge in [-0.25, -0.2) is 0 Å². The number of primary amides is 1. The minimum atomic E-state index is -0.742. The third-order valence-electron chi connectivity index (χ3n) is 6.05. The fraction of sp³-hybridized carbons (Fsp3) is 0.214. The molecule has 174 valence electrons. The van der Waals surface area contributed by atoms with Crippen molar-refractivity contribution in [2.45, 2.75) is 25.4 Å². The Labute approximate surface area is 199 Å². The largest absolute Gasteiger partial charge is 0.368 e. The maximum atomic E-state index is 13.3. The van der Waals surface area contributed by atoms with Crippen molar-refractivity contribution < 1.29 is 9.59 Å². The minimum Gasteiger partial charge on any atom is -0.368 e. The Balaban J connectivity index is 1.52. The van der Waals surface area contributed by atoms with Gasteiger partial charge in [0.05, 0.1) is 6.54 Å². The maximum absolute atomic E-state index is 13.3. The first-order valence-electron chi connectivity index (χ1n) is 11.5. The van der Waals surface area contributed by atoms with Crippen LogP contribution < -0.4 is 11.1 Å². The molecule has 1 heterocycles. The summed E-state index contributed by atoms with van der Waals surface area (Å²) in [5.41, 5.74) is 10.0. The molecule has 0 aliphatic rings. The van der Waals surface area contributed by atoms with Crippen LogP contribution in [0.5, 0.6) is 0 Å². The number of aromatic nitrogens is 1. The van der Waals surface area contributed by atoms with E-state index in [1.165, 1.54) is 0 Å². The van der Waals surface area contributed by atoms with Gasteiger partial charge in [-0.1, -0.05) is 78.9 Å². The molecular formula is C28H30N4O2. The van der Waals surface area contributed by atoms with E-state index < -0.39 is 11.9 Å². The van der Waals surface area contributed by atoms with E-state index in [1.54, 1.807) is 4.90 Å². The van der Waals surface area contributed by atoms with Crippen molar-refractivity contribution in [3.63, 3.8) is 0 Å². The van der Waals surface area contributed by atoms with Crippen LogP contribution in [0.25, 0.3) is 10.9 Å². The molecule has 0 radical (unpaired) electrons. The number of hydrogen-bond acceptors (Lipinski definition) is 3. The van der Waals surface area contributed by atoms with Gasteiger partial charge in [0.2, 0.25) is 11.8 Å². The third-order valence-corrected chi connectivity index (χ3v) is 6.05. The van der Waals surface area contributed by atoms with Gasteiger partial charge >= 0.3 is 0 Å². The van der Waals surface area contributed by atoms with E-state index in [9.17, 15) is 9.59 Å². The predicted octanol–water partition coefficient (Wildman–Crippen LogP) is 3.43. The number of para-hydroxylation sites is 1. The van der Waals surface area contributed by atoms with Gasteiger partial charge in [0, 0.05) is 36.6 Å². The van der Waals surface area contributed by atoms with Crippen molar-refractivity contribution in [1.29, 1.82) is 0 Å². The predicted molar refractivity (Wildman–Crippen MR) is 135 cm³/mol. The second kappa shape index (κ2) is 11.3. The summed E-state index contributed by atoms with van der Waals surface area (Å²) in [7, 11) is 0. The molecule has 0 unspecified atom stereocenters. The fourth-order valence-corrected chi connectivity index (χ4v) is 4.23. The lowest BCUT2D eigenvalue weighted by Gasteiger charge is -2.30. The van der Waals surface area contributed by atoms with Crippen LogP contribution in [0.1, 0.15) is 16.7 Å². The molecule has 1 aromatic heterocycles. The van der Waals surface area contributed by atoms with Crippen LogP contribution in [-0.2, 0) is 29.0 Å². The highest BCUT2D eigenvalue weighted by Crippen LogP contribution is 2.21. The summed E-state index contributed by atoms with van der Waals surface area (Å²) in [6.45, 7) is 1.11. The second-order valence-electron chi connectivity index (χ2n) is 8.39. The average Bonchev–Trinajstić information content (AvgIpc) is 3.27. The van der Waals surface area contributed by atoms with Gasteiger partial charge in [0.1, 0.15) is 6.04 Å². The van der Waals surface area contributed by atoms with Gasteiger partial charge in [0.15, 0.2) is 0 Å². The zero-order valence-electron chi connectivity index (χ0n) is 19.1. The number of aromatic amines is 1. The standard InChI is InChI=1S/C28H30N4O2/c29-28(34)26(17-23-19-31-25-14-8-7-13-24(23)25)32(16-15-21-9-3-1-4-10-21)27(33)20-30-18-22-11-5-2-6-12-22/h1-14,19,26,30-31H,15-18,20H2,(H2,29,34)/t26-/m1/s1. The number of H-pyrrole nitrogens is 1. The summed E-state index contributed by atoms with van der Waals surface area (Å²) >= 11 is 0. The van der Waals surface area contributed by atoms with E-state index in [0.717, 1.165) is 27.6 Å². The van der Waals surface area contributed by atoms with E-state index in [-0.39, 0.29) is 12.5 Å². The zero-order valence-corrected chi connectivity index (χ0v) is 19.1. The Bertz CT molecular complexity index is 1220. The molecule has 0 saturated heterocycles. The molecule has 6 heteroatoms. The summed E-state index contributed by atoms with van der Waals surface area (Å²) < 4.78 is 0. The van der Waals surface area contributed by atoms with Crippen LogP contribution in [0.3, 0.4) is 0 Å². The number of nitrogens with one attached hydrogen (secondary N) is 2. The SMILES string of the molecule is NC(=O)[C@@H](Cc1c[nH]c2ccccc12)N(CCc1ccccc1)C(=O)CNCc1ccccc1. The molecule has 4 aromatic rings. The molecule has 2 amide bonds. The molecule has 4 rings (SSSR count). The van der Waals surface area contributed by atoms with Crippen LogP contribution in [0, 0.1) is 0 Å². The molecule has 0 fully saturated rings. The van der Waals surface area contributed by atoms with E-state index in [4.69, 9.17) is 5.73 Å². The molecule has 34 heavy (non-hydrogen) atoms. The summed E-state index contributed by atoms with van der Waals surface area (Å²) in [5.74, 6) is -0.648. The van der Waals surface area contributed by atoms with Crippen molar-refractivity contribution in [3.8, 4) is 0 Å². The lowest BCUT2D eigenvalue weighted by Crippen LogP contribution is -2.52. The van der Waals surface area contributed by atoms with Crippen molar-refractivity contribution in [3.05, 3.63) is 108 Å². The van der Waals surface area contributed by atoms with Gasteiger partial charge in [-0.2, -0.15) is 0 Å². The Hall–Kier alpha value is -3.90. The first kappa shape index (κ1) is 23.3. The summed E-state index contributed by atoms with van der Waals surface area (Å²) in [6, 6.07) is 27.0. The number of amides is 2. The van der Waals surface area contributed by atoms with Gasteiger partial charge in [-0.15, -0.1) is 0 Å². The summed E-state index contributed by atoms with van der Waals surface area (Å²) in [6.07, 6.45) is 2.90. The molecule has 0 aliphatic carbocycles. The van der Waals surface area contributed by atoms with Crippen molar-refractivity contribution in [2.24, 2.45) is 5.73 Å². The molecule has 0 bridgehead atoms. The van der Waals surface area contributed by atoms with Crippen LogP contribution in [-0.4, -0.2) is 40.8 Å². The highest BCUT2D eigenvalue weighted by Gasteiger charge is 2.29. The highest BCUT2D eigenvalue weighted by atomic mass is 16.2. The number of fused-ring (bicyclic) bond motifs is 1. The maximum Gasteiger partial charge on any atom is 0.240 e. The first-order valence-corrected chi connectivity index (χ1v) is 11.5. The Morgan fingerprint density at radius 3 is 2.24 bits per heavy atom. The smallest absolute Gasteiger partial charge is 0.240 e. The number of carbonyl (C=O) groups excluding carboxylic acids is 2. The third kappa shape index (κ3) is 5.91. The van der Waals surface area contributed by atoms with Gasteiger partial charge in [-0.3, -0.25) is 9.59 Å². The Kier molecular flexibility index (Phi) is 7.73. The molecule has 0 saturated carbocycles. The number of nitrogens with zero attached hydrogens (tertiary/aromatic N) is 1. The minimum absolute atomic E-state index is 0.126. The molecule has 0 aliphatic heterocycles. The van der Waals surface area contributed by atoms with Gasteiger partial charge in [-0.05, 0) is 29.2 Å². The van der Waals surface area contributed by atoms with E-state index in [2.05, 4.69) is 10.3 Å². The van der Waals surface area contributed by atoms with E-state index >= 15 is 0 Å². The van der Waals surface area contributed by atoms with Crippen LogP contribution in [0.15, 0.2) is 91.1 Å². The van der Waals surface area contributed by atoms with Crippen LogP contribution >= 0.6 is 0 Å². The van der Waals surface area contributed by atoms with Crippen LogP contribution in [0.4, 0.5) is 0 Å². The zero-order chi connectivity index (χ0) is 23.8. The van der Waals surface area contributed by atoms with Gasteiger partial charge < -0.3 is 20.9 Å². The number of benzene rings is 3. The normalized spacial score (nSPS) is 11.9. The topological polar surface area (TPSA) is 91.2 Å². The first-order chi connectivity index (χ1) is 16.6. The average molecular weight is 455 g/mol. The molecule has 6 nitrogen and oxygen atoms in total. The Morgan fingerprint density at radius 2 is 1.53 bits per heavy atom. The van der Waals surface area contributed by atoms with E-state index in [1.807, 2.05) is 91.1 Å². The molecular weight excluding hydrogens is 424 g/mol. The highest BCUT2D eigenvalue weighted by molar-refractivity contribution is 5.89. The quantitative estimate of drug-likeness (QED) is 0.324. The second-order valence-corrected chi connectivity index (χ2v) is 8.39. The number of hydrogen-bond donors (Lipinski definition) is 3.